The van der Waals surface area contributed by atoms with E-state index in [0.29, 0.717) is 18.0 Å². The van der Waals surface area contributed by atoms with Crippen LogP contribution in [0.15, 0.2) is 42.5 Å². The van der Waals surface area contributed by atoms with Crippen molar-refractivity contribution in [3.8, 4) is 23.3 Å². The quantitative estimate of drug-likeness (QED) is 0.823. The van der Waals surface area contributed by atoms with Crippen LogP contribution in [0.5, 0.6) is 0 Å². The maximum atomic E-state index is 13.8. The van der Waals surface area contributed by atoms with Crippen LogP contribution in [0.4, 0.5) is 4.39 Å². The maximum absolute atomic E-state index is 13.8. The molecule has 2 N–H and O–H groups in total. The van der Waals surface area contributed by atoms with Crippen LogP contribution in [-0.2, 0) is 11.2 Å². The fourth-order valence-electron chi connectivity index (χ4n) is 4.36. The van der Waals surface area contributed by atoms with Gasteiger partial charge >= 0.3 is 0 Å². The summed E-state index contributed by atoms with van der Waals surface area (Å²) in [4.78, 5) is 12.7. The zero-order valence-corrected chi connectivity index (χ0v) is 15.9. The summed E-state index contributed by atoms with van der Waals surface area (Å²) < 4.78 is 13.8. The molecule has 0 spiro atoms. The first kappa shape index (κ1) is 19.1. The third-order valence-corrected chi connectivity index (χ3v) is 6.03. The van der Waals surface area contributed by atoms with Crippen LogP contribution in [0, 0.1) is 28.5 Å². The minimum Gasteiger partial charge on any atom is -0.338 e. The van der Waals surface area contributed by atoms with Gasteiger partial charge in [-0.15, -0.1) is 0 Å². The molecule has 146 valence electrons. The third kappa shape index (κ3) is 3.72. The van der Waals surface area contributed by atoms with Crippen molar-refractivity contribution in [1.82, 2.24) is 10.6 Å². The zero-order valence-electron chi connectivity index (χ0n) is 15.9. The predicted molar refractivity (Wildman–Crippen MR) is 106 cm³/mol. The molecule has 0 aliphatic carbocycles. The van der Waals surface area contributed by atoms with E-state index in [1.54, 1.807) is 6.07 Å². The Balaban J connectivity index is 1.42. The van der Waals surface area contributed by atoms with Gasteiger partial charge in [-0.25, -0.2) is 4.39 Å². The monoisotopic (exact) mass is 388 g/mol. The fourth-order valence-corrected chi connectivity index (χ4v) is 4.36. The van der Waals surface area contributed by atoms with Crippen LogP contribution < -0.4 is 10.6 Å². The summed E-state index contributed by atoms with van der Waals surface area (Å²) in [6.45, 7) is 0. The molecule has 2 aliphatic heterocycles. The average molecular weight is 388 g/mol. The summed E-state index contributed by atoms with van der Waals surface area (Å²) in [5.74, 6) is -0.621. The molecule has 2 aliphatic rings. The van der Waals surface area contributed by atoms with Crippen LogP contribution in [0.3, 0.4) is 0 Å². The van der Waals surface area contributed by atoms with E-state index in [1.165, 1.54) is 12.1 Å². The lowest BCUT2D eigenvalue weighted by molar-refractivity contribution is -0.127. The Labute approximate surface area is 169 Å². The van der Waals surface area contributed by atoms with E-state index in [1.807, 2.05) is 30.3 Å². The van der Waals surface area contributed by atoms with Crippen molar-refractivity contribution in [2.24, 2.45) is 0 Å². The summed E-state index contributed by atoms with van der Waals surface area (Å²) in [6.07, 6.45) is 4.10. The lowest BCUT2D eigenvalue weighted by Crippen LogP contribution is -2.54. The Hall–Kier alpha value is -3.22. The molecule has 5 nitrogen and oxygen atoms in total. The number of benzene rings is 2. The molecule has 4 rings (SSSR count). The van der Waals surface area contributed by atoms with Crippen LogP contribution in [0.2, 0.25) is 0 Å². The Morgan fingerprint density at radius 2 is 1.86 bits per heavy atom. The van der Waals surface area contributed by atoms with Crippen molar-refractivity contribution in [1.29, 1.82) is 10.5 Å². The lowest BCUT2D eigenvalue weighted by atomic mass is 9.87. The second-order valence-electron chi connectivity index (χ2n) is 7.86. The number of amides is 1. The molecule has 2 bridgehead atoms. The number of carbonyl (C=O) groups is 1. The van der Waals surface area contributed by atoms with Gasteiger partial charge in [0.05, 0.1) is 17.2 Å². The SMILES string of the molecule is N#Cc1ccc(-c2ccc(C[C@H](C#N)NC(=O)C34CCC(CC3)N4)cc2)cc1F. The van der Waals surface area contributed by atoms with Crippen LogP contribution in [-0.4, -0.2) is 23.5 Å². The van der Waals surface area contributed by atoms with E-state index in [0.717, 1.165) is 36.8 Å². The minimum atomic E-state index is -0.600. The number of nitriles is 2. The number of nitrogens with one attached hydrogen (secondary N) is 2. The van der Waals surface area contributed by atoms with Crippen LogP contribution in [0.25, 0.3) is 11.1 Å². The van der Waals surface area contributed by atoms with Crippen molar-refractivity contribution >= 4 is 5.91 Å². The van der Waals surface area contributed by atoms with Crippen LogP contribution >= 0.6 is 0 Å². The molecule has 0 aromatic heterocycles. The van der Waals surface area contributed by atoms with Gasteiger partial charge in [-0.1, -0.05) is 30.3 Å². The first-order valence-electron chi connectivity index (χ1n) is 9.80. The summed E-state index contributed by atoms with van der Waals surface area (Å²) in [5.41, 5.74) is 1.93. The molecular formula is C23H21FN4O. The highest BCUT2D eigenvalue weighted by atomic mass is 19.1. The highest BCUT2D eigenvalue weighted by Crippen LogP contribution is 2.37. The number of nitrogens with zero attached hydrogens (tertiary/aromatic N) is 2. The first-order chi connectivity index (χ1) is 14.0. The minimum absolute atomic E-state index is 0.0165. The number of hydrogen-bond donors (Lipinski definition) is 2. The van der Waals surface area contributed by atoms with Gasteiger partial charge in [0.2, 0.25) is 5.91 Å². The van der Waals surface area contributed by atoms with Gasteiger partial charge < -0.3 is 10.6 Å². The summed E-state index contributed by atoms with van der Waals surface area (Å²) >= 11 is 0. The second kappa shape index (κ2) is 7.66. The van der Waals surface area contributed by atoms with Gasteiger partial charge in [-0.05, 0) is 54.5 Å². The highest BCUT2D eigenvalue weighted by molar-refractivity contribution is 5.87. The van der Waals surface area contributed by atoms with Gasteiger partial charge in [-0.3, -0.25) is 4.79 Å². The number of hydrogen-bond acceptors (Lipinski definition) is 4. The molecule has 2 aromatic rings. The zero-order chi connectivity index (χ0) is 20.4. The van der Waals surface area contributed by atoms with Gasteiger partial charge in [0.15, 0.2) is 0 Å². The summed E-state index contributed by atoms with van der Waals surface area (Å²) in [5, 5.41) is 24.6. The number of carbonyl (C=O) groups excluding carboxylic acids is 1. The van der Waals surface area contributed by atoms with Crippen LogP contribution in [0.1, 0.15) is 36.8 Å². The third-order valence-electron chi connectivity index (χ3n) is 6.03. The van der Waals surface area contributed by atoms with E-state index >= 15 is 0 Å². The molecular weight excluding hydrogens is 367 g/mol. The molecule has 1 amide bonds. The van der Waals surface area contributed by atoms with E-state index < -0.39 is 17.4 Å². The molecule has 2 fully saturated rings. The van der Waals surface area contributed by atoms with Crippen molar-refractivity contribution in [3.63, 3.8) is 0 Å². The Kier molecular flexibility index (Phi) is 5.05. The van der Waals surface area contributed by atoms with Crippen molar-refractivity contribution in [2.45, 2.75) is 49.7 Å². The van der Waals surface area contributed by atoms with Crippen molar-refractivity contribution in [3.05, 3.63) is 59.4 Å². The van der Waals surface area contributed by atoms with Gasteiger partial charge in [0, 0.05) is 12.5 Å². The number of halogens is 1. The summed E-state index contributed by atoms with van der Waals surface area (Å²) in [7, 11) is 0. The average Bonchev–Trinajstić information content (AvgIpc) is 3.36. The van der Waals surface area contributed by atoms with Gasteiger partial charge in [-0.2, -0.15) is 10.5 Å². The normalized spacial score (nSPS) is 23.2. The molecule has 6 heteroatoms. The lowest BCUT2D eigenvalue weighted by Gasteiger charge is -2.26. The van der Waals surface area contributed by atoms with Gasteiger partial charge in [0.1, 0.15) is 17.9 Å². The summed E-state index contributed by atoms with van der Waals surface area (Å²) in [6, 6.07) is 15.8. The van der Waals surface area contributed by atoms with E-state index in [-0.39, 0.29) is 11.5 Å². The van der Waals surface area contributed by atoms with Crippen molar-refractivity contribution < 1.29 is 9.18 Å². The Bertz CT molecular complexity index is 1010. The largest absolute Gasteiger partial charge is 0.338 e. The maximum Gasteiger partial charge on any atom is 0.241 e. The standard InChI is InChI=1S/C23H21FN4O/c24-21-12-17(5-6-18(21)13-25)16-3-1-15(2-4-16)11-20(14-26)27-22(29)23-9-7-19(28-23)8-10-23/h1-6,12,19-20,28H,7-11H2,(H,27,29)/t19?,20-,23?/m1/s1. The smallest absolute Gasteiger partial charge is 0.241 e. The molecule has 0 radical (unpaired) electrons. The molecule has 2 heterocycles. The van der Waals surface area contributed by atoms with E-state index in [2.05, 4.69) is 16.7 Å². The topological polar surface area (TPSA) is 88.7 Å². The predicted octanol–water partition coefficient (Wildman–Crippen LogP) is 3.20. The van der Waals surface area contributed by atoms with Gasteiger partial charge in [0.25, 0.3) is 0 Å². The molecule has 29 heavy (non-hydrogen) atoms. The number of rotatable bonds is 5. The Morgan fingerprint density at radius 1 is 1.17 bits per heavy atom. The molecule has 0 saturated carbocycles. The molecule has 2 saturated heterocycles. The van der Waals surface area contributed by atoms with E-state index in [4.69, 9.17) is 5.26 Å². The van der Waals surface area contributed by atoms with Crippen molar-refractivity contribution in [2.75, 3.05) is 0 Å². The van der Waals surface area contributed by atoms with E-state index in [9.17, 15) is 14.4 Å². The Morgan fingerprint density at radius 3 is 2.41 bits per heavy atom. The molecule has 2 aromatic carbocycles. The fraction of sp³-hybridized carbons (Fsp3) is 0.348. The second-order valence-corrected chi connectivity index (χ2v) is 7.86. The molecule has 0 unspecified atom stereocenters. The highest BCUT2D eigenvalue weighted by Gasteiger charge is 2.49. The first-order valence-corrected chi connectivity index (χ1v) is 9.80. The number of fused-ring (bicyclic) bond motifs is 2. The molecule has 1 atom stereocenters.